The Hall–Kier alpha value is -1.75. The Kier molecular flexibility index (Phi) is 5.18. The van der Waals surface area contributed by atoms with Crippen LogP contribution >= 0.6 is 0 Å². The minimum absolute atomic E-state index is 0.518. The van der Waals surface area contributed by atoms with Crippen LogP contribution in [0, 0.1) is 0 Å². The molecule has 0 bridgehead atoms. The smallest absolute Gasteiger partial charge is 0.409 e. The van der Waals surface area contributed by atoms with Crippen molar-refractivity contribution in [1.82, 2.24) is 5.32 Å². The summed E-state index contributed by atoms with van der Waals surface area (Å²) in [5, 5.41) is 2.65. The van der Waals surface area contributed by atoms with Gasteiger partial charge in [-0.3, -0.25) is 5.32 Å². The third-order valence-electron chi connectivity index (χ3n) is 2.30. The van der Waals surface area contributed by atoms with E-state index in [1.54, 1.807) is 19.2 Å². The molecule has 0 aliphatic heterocycles. The van der Waals surface area contributed by atoms with Gasteiger partial charge in [0.2, 0.25) is 0 Å². The quantitative estimate of drug-likeness (QED) is 0.852. The fourth-order valence-electron chi connectivity index (χ4n) is 1.47. The van der Waals surface area contributed by atoms with Gasteiger partial charge in [0.05, 0.1) is 7.11 Å². The highest BCUT2D eigenvalue weighted by Crippen LogP contribution is 2.18. The van der Waals surface area contributed by atoms with Crippen molar-refractivity contribution in [3.8, 4) is 5.75 Å². The van der Waals surface area contributed by atoms with E-state index in [9.17, 15) is 4.79 Å². The highest BCUT2D eigenvalue weighted by Gasteiger charge is 2.20. The first-order valence-corrected chi connectivity index (χ1v) is 6.02. The van der Waals surface area contributed by atoms with Crippen LogP contribution in [0.25, 0.3) is 0 Å². The van der Waals surface area contributed by atoms with E-state index in [1.165, 1.54) is 7.11 Å². The van der Waals surface area contributed by atoms with Gasteiger partial charge in [-0.2, -0.15) is 0 Å². The van der Waals surface area contributed by atoms with E-state index in [-0.39, 0.29) is 0 Å². The molecule has 1 unspecified atom stereocenters. The second kappa shape index (κ2) is 6.43. The molecule has 1 aromatic rings. The second-order valence-electron chi connectivity index (χ2n) is 5.04. The third kappa shape index (κ3) is 5.18. The first-order valence-electron chi connectivity index (χ1n) is 6.02. The summed E-state index contributed by atoms with van der Waals surface area (Å²) >= 11 is 0. The highest BCUT2D eigenvalue weighted by atomic mass is 16.6. The summed E-state index contributed by atoms with van der Waals surface area (Å²) in [6.45, 7) is 5.42. The number of benzene rings is 1. The zero-order valence-corrected chi connectivity index (χ0v) is 12.0. The fourth-order valence-corrected chi connectivity index (χ4v) is 1.47. The first kappa shape index (κ1) is 15.3. The number of nitrogens with one attached hydrogen (secondary N) is 1. The lowest BCUT2D eigenvalue weighted by atomic mass is 10.2. The van der Waals surface area contributed by atoms with Gasteiger partial charge in [-0.1, -0.05) is 12.1 Å². The number of carbonyl (C=O) groups is 1. The van der Waals surface area contributed by atoms with Crippen LogP contribution < -0.4 is 10.1 Å². The number of alkyl carbamates (subject to hydrolysis) is 1. The normalized spacial score (nSPS) is 12.7. The molecule has 0 aliphatic rings. The van der Waals surface area contributed by atoms with Gasteiger partial charge in [-0.25, -0.2) is 4.79 Å². The monoisotopic (exact) mass is 267 g/mol. The van der Waals surface area contributed by atoms with Crippen LogP contribution in [-0.2, 0) is 9.47 Å². The number of amides is 1. The van der Waals surface area contributed by atoms with E-state index in [1.807, 2.05) is 32.9 Å². The van der Waals surface area contributed by atoms with Crippen LogP contribution in [0.15, 0.2) is 24.3 Å². The van der Waals surface area contributed by atoms with E-state index >= 15 is 0 Å². The Labute approximate surface area is 113 Å². The Balaban J connectivity index is 2.69. The maximum absolute atomic E-state index is 11.7. The van der Waals surface area contributed by atoms with E-state index in [2.05, 4.69) is 5.32 Å². The number of hydrogen-bond donors (Lipinski definition) is 1. The van der Waals surface area contributed by atoms with Gasteiger partial charge in [0.15, 0.2) is 6.23 Å². The van der Waals surface area contributed by atoms with Gasteiger partial charge in [0.1, 0.15) is 11.4 Å². The van der Waals surface area contributed by atoms with Crippen molar-refractivity contribution in [1.29, 1.82) is 0 Å². The molecule has 1 aromatic carbocycles. The lowest BCUT2D eigenvalue weighted by molar-refractivity contribution is 0.0231. The van der Waals surface area contributed by atoms with Crippen molar-refractivity contribution in [3.05, 3.63) is 29.8 Å². The molecule has 1 N–H and O–H groups in total. The molecule has 0 fully saturated rings. The van der Waals surface area contributed by atoms with Crippen molar-refractivity contribution in [2.45, 2.75) is 32.6 Å². The van der Waals surface area contributed by atoms with E-state index in [4.69, 9.17) is 14.2 Å². The summed E-state index contributed by atoms with van der Waals surface area (Å²) < 4.78 is 15.5. The number of ether oxygens (including phenoxy) is 3. The summed E-state index contributed by atoms with van der Waals surface area (Å²) in [6, 6.07) is 7.25. The van der Waals surface area contributed by atoms with Crippen LogP contribution in [0.3, 0.4) is 0 Å². The molecule has 0 spiro atoms. The van der Waals surface area contributed by atoms with Crippen molar-refractivity contribution in [2.75, 3.05) is 14.2 Å². The van der Waals surface area contributed by atoms with E-state index in [0.29, 0.717) is 0 Å². The highest BCUT2D eigenvalue weighted by molar-refractivity contribution is 5.68. The maximum atomic E-state index is 11.7. The Morgan fingerprint density at radius 1 is 1.16 bits per heavy atom. The van der Waals surface area contributed by atoms with Crippen molar-refractivity contribution < 1.29 is 19.0 Å². The van der Waals surface area contributed by atoms with Gasteiger partial charge >= 0.3 is 6.09 Å². The van der Waals surface area contributed by atoms with Gasteiger partial charge in [0, 0.05) is 12.7 Å². The summed E-state index contributed by atoms with van der Waals surface area (Å²) in [6.07, 6.45) is -1.07. The maximum Gasteiger partial charge on any atom is 0.409 e. The molecular weight excluding hydrogens is 246 g/mol. The minimum Gasteiger partial charge on any atom is -0.497 e. The Morgan fingerprint density at radius 2 is 1.74 bits per heavy atom. The predicted molar refractivity (Wildman–Crippen MR) is 72.1 cm³/mol. The van der Waals surface area contributed by atoms with Gasteiger partial charge < -0.3 is 14.2 Å². The summed E-state index contributed by atoms with van der Waals surface area (Å²) in [5.74, 6) is 0.746. The zero-order valence-electron chi connectivity index (χ0n) is 12.0. The van der Waals surface area contributed by atoms with Gasteiger partial charge in [-0.05, 0) is 32.9 Å². The first-order chi connectivity index (χ1) is 8.85. The summed E-state index contributed by atoms with van der Waals surface area (Å²) in [5.41, 5.74) is 0.275. The SMILES string of the molecule is COc1ccc(C(NC(=O)OC(C)(C)C)OC)cc1. The van der Waals surface area contributed by atoms with Crippen molar-refractivity contribution in [3.63, 3.8) is 0 Å². The van der Waals surface area contributed by atoms with Crippen LogP contribution in [0.1, 0.15) is 32.6 Å². The molecule has 19 heavy (non-hydrogen) atoms. The molecule has 0 radical (unpaired) electrons. The van der Waals surface area contributed by atoms with Gasteiger partial charge in [-0.15, -0.1) is 0 Å². The molecule has 0 aliphatic carbocycles. The van der Waals surface area contributed by atoms with Crippen molar-refractivity contribution in [2.24, 2.45) is 0 Å². The molecule has 0 saturated carbocycles. The fraction of sp³-hybridized carbons (Fsp3) is 0.500. The lowest BCUT2D eigenvalue weighted by Gasteiger charge is -2.23. The minimum atomic E-state index is -0.555. The van der Waals surface area contributed by atoms with Crippen LogP contribution in [0.5, 0.6) is 5.75 Å². The van der Waals surface area contributed by atoms with E-state index in [0.717, 1.165) is 11.3 Å². The molecule has 5 heteroatoms. The predicted octanol–water partition coefficient (Wildman–Crippen LogP) is 2.86. The van der Waals surface area contributed by atoms with Crippen LogP contribution in [-0.4, -0.2) is 25.9 Å². The van der Waals surface area contributed by atoms with Gasteiger partial charge in [0.25, 0.3) is 0 Å². The molecule has 0 saturated heterocycles. The second-order valence-corrected chi connectivity index (χ2v) is 5.04. The molecule has 0 heterocycles. The largest absolute Gasteiger partial charge is 0.497 e. The number of rotatable bonds is 4. The van der Waals surface area contributed by atoms with Crippen molar-refractivity contribution >= 4 is 6.09 Å². The molecular formula is C14H21NO4. The lowest BCUT2D eigenvalue weighted by Crippen LogP contribution is -2.35. The Morgan fingerprint density at radius 3 is 2.16 bits per heavy atom. The van der Waals surface area contributed by atoms with Crippen LogP contribution in [0.4, 0.5) is 4.79 Å². The standard InChI is InChI=1S/C14H21NO4/c1-14(2,3)19-13(16)15-12(18-5)10-6-8-11(17-4)9-7-10/h6-9,12H,1-5H3,(H,15,16). The molecule has 1 amide bonds. The summed E-state index contributed by atoms with van der Waals surface area (Å²) in [7, 11) is 3.12. The third-order valence-corrected chi connectivity index (χ3v) is 2.30. The average molecular weight is 267 g/mol. The molecule has 0 aromatic heterocycles. The number of hydrogen-bond acceptors (Lipinski definition) is 4. The Bertz CT molecular complexity index is 408. The van der Waals surface area contributed by atoms with E-state index < -0.39 is 17.9 Å². The topological polar surface area (TPSA) is 56.8 Å². The average Bonchev–Trinajstić information content (AvgIpc) is 2.34. The summed E-state index contributed by atoms with van der Waals surface area (Å²) in [4.78, 5) is 11.7. The number of carbonyl (C=O) groups excluding carboxylic acids is 1. The van der Waals surface area contributed by atoms with Crippen LogP contribution in [0.2, 0.25) is 0 Å². The molecule has 1 atom stereocenters. The zero-order chi connectivity index (χ0) is 14.5. The molecule has 106 valence electrons. The molecule has 1 rings (SSSR count). The molecule has 5 nitrogen and oxygen atoms in total. The number of methoxy groups -OCH3 is 2.